The molecule has 3 rings (SSSR count). The molecule has 3 aliphatic rings. The summed E-state index contributed by atoms with van der Waals surface area (Å²) in [6.07, 6.45) is 15.8. The van der Waals surface area contributed by atoms with Crippen LogP contribution in [0.15, 0.2) is 10.6 Å². The summed E-state index contributed by atoms with van der Waals surface area (Å²) in [6.45, 7) is 5.11. The number of rotatable bonds is 5. The van der Waals surface area contributed by atoms with Crippen molar-refractivity contribution in [2.75, 3.05) is 0 Å². The minimum atomic E-state index is -0.00703. The lowest BCUT2D eigenvalue weighted by Crippen LogP contribution is -2.36. The molecule has 5 unspecified atom stereocenters. The molecule has 3 aliphatic carbocycles. The molecule has 0 radical (unpaired) electrons. The number of allylic oxidation sites excluding steroid dienone is 1. The van der Waals surface area contributed by atoms with Crippen molar-refractivity contribution in [3.8, 4) is 0 Å². The van der Waals surface area contributed by atoms with Crippen LogP contribution in [0.1, 0.15) is 90.9 Å². The molecule has 24 heavy (non-hydrogen) atoms. The van der Waals surface area contributed by atoms with Gasteiger partial charge in [-0.3, -0.25) is 0 Å². The van der Waals surface area contributed by atoms with Gasteiger partial charge in [0.1, 0.15) is 0 Å². The van der Waals surface area contributed by atoms with Crippen LogP contribution in [-0.2, 0) is 0 Å². The van der Waals surface area contributed by atoms with Crippen molar-refractivity contribution in [3.05, 3.63) is 10.6 Å². The molecule has 0 heterocycles. The van der Waals surface area contributed by atoms with E-state index in [-0.39, 0.29) is 6.10 Å². The zero-order valence-electron chi connectivity index (χ0n) is 15.8. The summed E-state index contributed by atoms with van der Waals surface area (Å²) >= 11 is 3.63. The molecular weight excluding hydrogens is 360 g/mol. The van der Waals surface area contributed by atoms with Crippen LogP contribution in [0, 0.1) is 29.1 Å². The van der Waals surface area contributed by atoms with Crippen molar-refractivity contribution in [1.82, 2.24) is 0 Å². The van der Waals surface area contributed by atoms with Gasteiger partial charge in [0.05, 0.1) is 6.10 Å². The van der Waals surface area contributed by atoms with Gasteiger partial charge < -0.3 is 5.11 Å². The maximum Gasteiger partial charge on any atom is 0.0568 e. The summed E-state index contributed by atoms with van der Waals surface area (Å²) in [6, 6.07) is 0. The fourth-order valence-electron chi connectivity index (χ4n) is 6.57. The van der Waals surface area contributed by atoms with E-state index in [0.29, 0.717) is 11.3 Å². The molecule has 6 atom stereocenters. The van der Waals surface area contributed by atoms with Crippen molar-refractivity contribution in [1.29, 1.82) is 0 Å². The molecule has 0 aromatic rings. The number of hydrogen-bond acceptors (Lipinski definition) is 1. The van der Waals surface area contributed by atoms with E-state index >= 15 is 0 Å². The summed E-state index contributed by atoms with van der Waals surface area (Å²) in [7, 11) is 0. The van der Waals surface area contributed by atoms with Gasteiger partial charge in [-0.2, -0.15) is 0 Å². The lowest BCUT2D eigenvalue weighted by Gasteiger charge is -2.44. The van der Waals surface area contributed by atoms with Gasteiger partial charge in [0.25, 0.3) is 0 Å². The van der Waals surface area contributed by atoms with E-state index in [1.54, 1.807) is 5.57 Å². The second kappa shape index (κ2) is 8.25. The van der Waals surface area contributed by atoms with Crippen molar-refractivity contribution in [2.24, 2.45) is 29.1 Å². The van der Waals surface area contributed by atoms with Gasteiger partial charge in [0.2, 0.25) is 0 Å². The van der Waals surface area contributed by atoms with Crippen molar-refractivity contribution < 1.29 is 5.11 Å². The Morgan fingerprint density at radius 2 is 2.00 bits per heavy atom. The van der Waals surface area contributed by atoms with Gasteiger partial charge in [-0.25, -0.2) is 0 Å². The first kappa shape index (κ1) is 19.0. The molecular formula is C22H37BrO. The summed E-state index contributed by atoms with van der Waals surface area (Å²) in [4.78, 5) is 2.24. The van der Waals surface area contributed by atoms with Gasteiger partial charge in [0.15, 0.2) is 0 Å². The maximum absolute atomic E-state index is 10.2. The minimum Gasteiger partial charge on any atom is -0.393 e. The standard InChI is InChI=1S/C22H37BrO/c1-16(7-5-9-17-8-3-4-11-21(17)24)19-12-13-20-18(15-23)10-6-14-22(19,20)2/h15-17,19-21,24H,3-14H2,1-2H3/b18-15+/t16-,17?,19?,20?,21?,22?/m1/s1. The first-order valence-electron chi connectivity index (χ1n) is 10.5. The van der Waals surface area contributed by atoms with Crippen LogP contribution in [0.2, 0.25) is 0 Å². The first-order valence-corrected chi connectivity index (χ1v) is 11.4. The maximum atomic E-state index is 10.2. The smallest absolute Gasteiger partial charge is 0.0568 e. The van der Waals surface area contributed by atoms with Crippen LogP contribution >= 0.6 is 15.9 Å². The highest BCUT2D eigenvalue weighted by molar-refractivity contribution is 9.11. The van der Waals surface area contributed by atoms with Crippen LogP contribution in [0.25, 0.3) is 0 Å². The van der Waals surface area contributed by atoms with E-state index < -0.39 is 0 Å². The topological polar surface area (TPSA) is 20.2 Å². The van der Waals surface area contributed by atoms with Crippen molar-refractivity contribution in [3.63, 3.8) is 0 Å². The number of fused-ring (bicyclic) bond motifs is 1. The second-order valence-electron chi connectivity index (χ2n) is 9.30. The van der Waals surface area contributed by atoms with Crippen molar-refractivity contribution >= 4 is 15.9 Å². The second-order valence-corrected chi connectivity index (χ2v) is 9.76. The van der Waals surface area contributed by atoms with Gasteiger partial charge in [0, 0.05) is 0 Å². The van der Waals surface area contributed by atoms with Gasteiger partial charge in [-0.05, 0) is 85.4 Å². The molecule has 3 saturated carbocycles. The third-order valence-electron chi connectivity index (χ3n) is 7.97. The summed E-state index contributed by atoms with van der Waals surface area (Å²) < 4.78 is 0. The normalized spacial score (nSPS) is 42.9. The highest BCUT2D eigenvalue weighted by Crippen LogP contribution is 2.60. The van der Waals surface area contributed by atoms with Crippen LogP contribution in [0.4, 0.5) is 0 Å². The third-order valence-corrected chi connectivity index (χ3v) is 8.56. The highest BCUT2D eigenvalue weighted by atomic mass is 79.9. The van der Waals surface area contributed by atoms with Crippen LogP contribution in [-0.4, -0.2) is 11.2 Å². The Bertz CT molecular complexity index is 445. The number of aliphatic hydroxyl groups excluding tert-OH is 1. The number of hydrogen-bond donors (Lipinski definition) is 1. The Morgan fingerprint density at radius 1 is 1.21 bits per heavy atom. The van der Waals surface area contributed by atoms with E-state index in [0.717, 1.165) is 24.2 Å². The lowest BCUT2D eigenvalue weighted by atomic mass is 9.61. The monoisotopic (exact) mass is 396 g/mol. The lowest BCUT2D eigenvalue weighted by molar-refractivity contribution is 0.0595. The van der Waals surface area contributed by atoms with Gasteiger partial charge in [-0.1, -0.05) is 61.0 Å². The zero-order valence-corrected chi connectivity index (χ0v) is 17.4. The number of halogens is 1. The Labute approximate surface area is 157 Å². The highest BCUT2D eigenvalue weighted by Gasteiger charge is 2.50. The molecule has 0 spiro atoms. The molecule has 0 amide bonds. The van der Waals surface area contributed by atoms with Gasteiger partial charge >= 0.3 is 0 Å². The average molecular weight is 397 g/mol. The Balaban J connectivity index is 1.52. The molecule has 1 N–H and O–H groups in total. The SMILES string of the molecule is C[C@H](CCCC1CCCCC1O)C1CCC2/C(=C/Br)CCCC21C. The van der Waals surface area contributed by atoms with E-state index in [2.05, 4.69) is 34.8 Å². The molecule has 0 aliphatic heterocycles. The molecule has 3 fully saturated rings. The Hall–Kier alpha value is 0.180. The minimum absolute atomic E-state index is 0.00703. The van der Waals surface area contributed by atoms with E-state index in [4.69, 9.17) is 0 Å². The van der Waals surface area contributed by atoms with E-state index in [1.807, 2.05) is 0 Å². The fourth-order valence-corrected chi connectivity index (χ4v) is 7.12. The molecule has 0 aromatic heterocycles. The van der Waals surface area contributed by atoms with E-state index in [1.165, 1.54) is 70.6 Å². The predicted octanol–water partition coefficient (Wildman–Crippen LogP) is 6.84. The molecule has 0 saturated heterocycles. The van der Waals surface area contributed by atoms with Gasteiger partial charge in [-0.15, -0.1) is 0 Å². The summed E-state index contributed by atoms with van der Waals surface area (Å²) in [5.41, 5.74) is 2.23. The first-order chi connectivity index (χ1) is 11.6. The average Bonchev–Trinajstić information content (AvgIpc) is 2.93. The zero-order chi connectivity index (χ0) is 17.2. The molecule has 2 heteroatoms. The quantitative estimate of drug-likeness (QED) is 0.538. The van der Waals surface area contributed by atoms with E-state index in [9.17, 15) is 5.11 Å². The van der Waals surface area contributed by atoms with Crippen molar-refractivity contribution in [2.45, 2.75) is 97.0 Å². The number of aliphatic hydroxyl groups is 1. The fraction of sp³-hybridized carbons (Fsp3) is 0.909. The van der Waals surface area contributed by atoms with Crippen LogP contribution in [0.5, 0.6) is 0 Å². The molecule has 0 aromatic carbocycles. The van der Waals surface area contributed by atoms with Crippen LogP contribution in [0.3, 0.4) is 0 Å². The Morgan fingerprint density at radius 3 is 2.75 bits per heavy atom. The third kappa shape index (κ3) is 3.80. The molecule has 138 valence electrons. The largest absolute Gasteiger partial charge is 0.393 e. The molecule has 1 nitrogen and oxygen atoms in total. The predicted molar refractivity (Wildman–Crippen MR) is 106 cm³/mol. The summed E-state index contributed by atoms with van der Waals surface area (Å²) in [5.74, 6) is 3.17. The summed E-state index contributed by atoms with van der Waals surface area (Å²) in [5, 5.41) is 10.2. The molecule has 0 bridgehead atoms. The Kier molecular flexibility index (Phi) is 6.52. The van der Waals surface area contributed by atoms with Crippen LogP contribution < -0.4 is 0 Å².